The number of amides is 2. The molecule has 1 N–H and O–H groups in total. The second-order valence-corrected chi connectivity index (χ2v) is 5.11. The molecule has 1 aromatic rings. The van der Waals surface area contributed by atoms with Crippen LogP contribution in [0.5, 0.6) is 5.75 Å². The first-order valence-corrected chi connectivity index (χ1v) is 6.68. The standard InChI is InChI=1S/C15H19NO4/c1-10-3-4-13(7-11(10)2)20-9-12(17)8-16-14(18)5-6-15(16)19/h3-4,7,12,17H,5-6,8-9H2,1-2H3. The molecule has 1 saturated heterocycles. The van der Waals surface area contributed by atoms with Crippen molar-refractivity contribution in [3.8, 4) is 5.75 Å². The molecule has 2 amide bonds. The SMILES string of the molecule is Cc1ccc(OCC(O)CN2C(=O)CCC2=O)cc1C. The van der Waals surface area contributed by atoms with Crippen LogP contribution in [0.4, 0.5) is 0 Å². The summed E-state index contributed by atoms with van der Waals surface area (Å²) in [7, 11) is 0. The smallest absolute Gasteiger partial charge is 0.229 e. The average Bonchev–Trinajstić information content (AvgIpc) is 2.72. The minimum absolute atomic E-state index is 0.00249. The maximum atomic E-state index is 11.4. The number of carbonyl (C=O) groups is 2. The quantitative estimate of drug-likeness (QED) is 0.821. The van der Waals surface area contributed by atoms with Gasteiger partial charge in [0.1, 0.15) is 18.5 Å². The van der Waals surface area contributed by atoms with Crippen LogP contribution in [0, 0.1) is 13.8 Å². The number of carbonyl (C=O) groups excluding carboxylic acids is 2. The van der Waals surface area contributed by atoms with Gasteiger partial charge in [0.15, 0.2) is 0 Å². The van der Waals surface area contributed by atoms with Crippen molar-refractivity contribution in [2.24, 2.45) is 0 Å². The zero-order valence-electron chi connectivity index (χ0n) is 11.8. The number of hydrogen-bond acceptors (Lipinski definition) is 4. The third kappa shape index (κ3) is 3.36. The molecule has 0 spiro atoms. The topological polar surface area (TPSA) is 66.8 Å². The summed E-state index contributed by atoms with van der Waals surface area (Å²) in [4.78, 5) is 24.0. The maximum Gasteiger partial charge on any atom is 0.229 e. The minimum Gasteiger partial charge on any atom is -0.491 e. The zero-order valence-corrected chi connectivity index (χ0v) is 11.8. The van der Waals surface area contributed by atoms with Crippen molar-refractivity contribution >= 4 is 11.8 Å². The first-order chi connectivity index (χ1) is 9.47. The molecule has 108 valence electrons. The molecule has 1 atom stereocenters. The second kappa shape index (κ2) is 6.05. The molecule has 1 heterocycles. The molecule has 1 aliphatic rings. The van der Waals surface area contributed by atoms with Crippen LogP contribution in [0.1, 0.15) is 24.0 Å². The average molecular weight is 277 g/mol. The Bertz CT molecular complexity index is 511. The Labute approximate surface area is 118 Å². The Hall–Kier alpha value is -1.88. The van der Waals surface area contributed by atoms with Crippen LogP contribution in [-0.2, 0) is 9.59 Å². The minimum atomic E-state index is -0.873. The fourth-order valence-electron chi connectivity index (χ4n) is 2.09. The van der Waals surface area contributed by atoms with Crippen LogP contribution >= 0.6 is 0 Å². The lowest BCUT2D eigenvalue weighted by Gasteiger charge is -2.19. The first kappa shape index (κ1) is 14.5. The van der Waals surface area contributed by atoms with E-state index in [1.54, 1.807) is 0 Å². The summed E-state index contributed by atoms with van der Waals surface area (Å²) in [6.07, 6.45) is -0.393. The Morgan fingerprint density at radius 3 is 2.45 bits per heavy atom. The number of hydrogen-bond donors (Lipinski definition) is 1. The van der Waals surface area contributed by atoms with Gasteiger partial charge in [-0.2, -0.15) is 0 Å². The van der Waals surface area contributed by atoms with Crippen LogP contribution < -0.4 is 4.74 Å². The van der Waals surface area contributed by atoms with Gasteiger partial charge in [-0.25, -0.2) is 0 Å². The van der Waals surface area contributed by atoms with Gasteiger partial charge in [-0.3, -0.25) is 14.5 Å². The monoisotopic (exact) mass is 277 g/mol. The molecule has 1 fully saturated rings. The molecule has 0 bridgehead atoms. The largest absolute Gasteiger partial charge is 0.491 e. The van der Waals surface area contributed by atoms with E-state index in [0.717, 1.165) is 10.5 Å². The molecule has 1 unspecified atom stereocenters. The van der Waals surface area contributed by atoms with Gasteiger partial charge in [-0.15, -0.1) is 0 Å². The molecule has 2 rings (SSSR count). The van der Waals surface area contributed by atoms with Gasteiger partial charge in [0.05, 0.1) is 6.54 Å². The second-order valence-electron chi connectivity index (χ2n) is 5.11. The third-order valence-corrected chi connectivity index (χ3v) is 3.47. The highest BCUT2D eigenvalue weighted by Gasteiger charge is 2.30. The molecule has 5 heteroatoms. The highest BCUT2D eigenvalue weighted by Crippen LogP contribution is 2.17. The predicted octanol–water partition coefficient (Wildman–Crippen LogP) is 1.19. The van der Waals surface area contributed by atoms with E-state index in [0.29, 0.717) is 5.75 Å². The Kier molecular flexibility index (Phi) is 4.39. The van der Waals surface area contributed by atoms with Gasteiger partial charge in [-0.1, -0.05) is 6.07 Å². The molecular formula is C15H19NO4. The van der Waals surface area contributed by atoms with Crippen LogP contribution in [0.25, 0.3) is 0 Å². The summed E-state index contributed by atoms with van der Waals surface area (Å²) in [5.41, 5.74) is 2.29. The van der Waals surface area contributed by atoms with E-state index < -0.39 is 6.10 Å². The van der Waals surface area contributed by atoms with E-state index in [9.17, 15) is 14.7 Å². The van der Waals surface area contributed by atoms with Crippen molar-refractivity contribution in [3.05, 3.63) is 29.3 Å². The lowest BCUT2D eigenvalue weighted by atomic mass is 10.1. The number of nitrogens with zero attached hydrogens (tertiary/aromatic N) is 1. The molecule has 20 heavy (non-hydrogen) atoms. The number of likely N-dealkylation sites (tertiary alicyclic amines) is 1. The van der Waals surface area contributed by atoms with Gasteiger partial charge in [-0.05, 0) is 37.1 Å². The summed E-state index contributed by atoms with van der Waals surface area (Å²) < 4.78 is 5.49. The summed E-state index contributed by atoms with van der Waals surface area (Å²) in [5.74, 6) is 0.228. The number of ether oxygens (including phenoxy) is 1. The van der Waals surface area contributed by atoms with Gasteiger partial charge < -0.3 is 9.84 Å². The Morgan fingerprint density at radius 2 is 1.85 bits per heavy atom. The summed E-state index contributed by atoms with van der Waals surface area (Å²) in [5, 5.41) is 9.86. The van der Waals surface area contributed by atoms with Gasteiger partial charge in [0, 0.05) is 12.8 Å². The van der Waals surface area contributed by atoms with Crippen LogP contribution in [0.2, 0.25) is 0 Å². The van der Waals surface area contributed by atoms with Gasteiger partial charge >= 0.3 is 0 Å². The summed E-state index contributed by atoms with van der Waals surface area (Å²) >= 11 is 0. The van der Waals surface area contributed by atoms with Crippen molar-refractivity contribution in [1.29, 1.82) is 0 Å². The number of benzene rings is 1. The fraction of sp³-hybridized carbons (Fsp3) is 0.467. The number of β-amino-alcohol motifs (C(OH)–C–C–N with tert-alkyl or cyclic N) is 1. The number of imide groups is 1. The Morgan fingerprint density at radius 1 is 1.20 bits per heavy atom. The lowest BCUT2D eigenvalue weighted by Crippen LogP contribution is -2.38. The van der Waals surface area contributed by atoms with E-state index in [-0.39, 0.29) is 37.8 Å². The molecule has 0 aliphatic carbocycles. The molecule has 0 aromatic heterocycles. The highest BCUT2D eigenvalue weighted by molar-refractivity contribution is 6.01. The Balaban J connectivity index is 1.85. The first-order valence-electron chi connectivity index (χ1n) is 6.68. The van der Waals surface area contributed by atoms with Crippen LogP contribution in [0.3, 0.4) is 0 Å². The molecule has 0 saturated carbocycles. The number of rotatable bonds is 5. The fourth-order valence-corrected chi connectivity index (χ4v) is 2.09. The van der Waals surface area contributed by atoms with Crippen LogP contribution in [-0.4, -0.2) is 41.1 Å². The normalized spacial score (nSPS) is 16.6. The molecule has 0 radical (unpaired) electrons. The summed E-state index contributed by atoms with van der Waals surface area (Å²) in [6, 6.07) is 5.68. The molecule has 1 aromatic carbocycles. The van der Waals surface area contributed by atoms with Crippen molar-refractivity contribution in [2.45, 2.75) is 32.8 Å². The maximum absolute atomic E-state index is 11.4. The number of aryl methyl sites for hydroxylation is 2. The predicted molar refractivity (Wildman–Crippen MR) is 73.4 cm³/mol. The van der Waals surface area contributed by atoms with Crippen molar-refractivity contribution < 1.29 is 19.4 Å². The van der Waals surface area contributed by atoms with Gasteiger partial charge in [0.25, 0.3) is 0 Å². The van der Waals surface area contributed by atoms with E-state index in [4.69, 9.17) is 4.74 Å². The molecule has 1 aliphatic heterocycles. The molecular weight excluding hydrogens is 258 g/mol. The van der Waals surface area contributed by atoms with Gasteiger partial charge in [0.2, 0.25) is 11.8 Å². The van der Waals surface area contributed by atoms with E-state index in [1.165, 1.54) is 5.56 Å². The molecule has 5 nitrogen and oxygen atoms in total. The number of aliphatic hydroxyl groups excluding tert-OH is 1. The zero-order chi connectivity index (χ0) is 14.7. The van der Waals surface area contributed by atoms with Crippen molar-refractivity contribution in [2.75, 3.05) is 13.2 Å². The number of aliphatic hydroxyl groups is 1. The third-order valence-electron chi connectivity index (χ3n) is 3.47. The highest BCUT2D eigenvalue weighted by atomic mass is 16.5. The van der Waals surface area contributed by atoms with Crippen molar-refractivity contribution in [1.82, 2.24) is 4.90 Å². The van der Waals surface area contributed by atoms with E-state index in [2.05, 4.69) is 0 Å². The van der Waals surface area contributed by atoms with Crippen LogP contribution in [0.15, 0.2) is 18.2 Å². The van der Waals surface area contributed by atoms with E-state index in [1.807, 2.05) is 32.0 Å². The van der Waals surface area contributed by atoms with Crippen molar-refractivity contribution in [3.63, 3.8) is 0 Å². The van der Waals surface area contributed by atoms with E-state index >= 15 is 0 Å². The lowest BCUT2D eigenvalue weighted by molar-refractivity contribution is -0.140. The summed E-state index contributed by atoms with van der Waals surface area (Å²) in [6.45, 7) is 4.06.